The van der Waals surface area contributed by atoms with Crippen molar-refractivity contribution in [3.8, 4) is 0 Å². The van der Waals surface area contributed by atoms with Gasteiger partial charge in [-0.3, -0.25) is 9.78 Å². The molecule has 1 aromatic heterocycles. The molecule has 222 valence electrons. The van der Waals surface area contributed by atoms with Gasteiger partial charge in [-0.1, -0.05) is 19.9 Å². The molecular formula is C34H45NO6. The van der Waals surface area contributed by atoms with Crippen LogP contribution < -0.4 is 0 Å². The van der Waals surface area contributed by atoms with E-state index in [1.54, 1.807) is 18.5 Å². The van der Waals surface area contributed by atoms with E-state index in [1.165, 1.54) is 0 Å². The minimum atomic E-state index is -1.26. The second-order valence-corrected chi connectivity index (χ2v) is 15.6. The summed E-state index contributed by atoms with van der Waals surface area (Å²) in [5.41, 5.74) is -1.95. The van der Waals surface area contributed by atoms with Crippen molar-refractivity contribution >= 4 is 5.78 Å². The normalized spacial score (nSPS) is 55.0. The van der Waals surface area contributed by atoms with Crippen LogP contribution in [0.3, 0.4) is 0 Å². The number of carbonyl (C=O) groups is 1. The van der Waals surface area contributed by atoms with Crippen LogP contribution >= 0.6 is 0 Å². The molecule has 1 aromatic rings. The zero-order chi connectivity index (χ0) is 28.8. The monoisotopic (exact) mass is 563 g/mol. The number of fused-ring (bicyclic) bond motifs is 10. The fourth-order valence-corrected chi connectivity index (χ4v) is 11.0. The summed E-state index contributed by atoms with van der Waals surface area (Å²) in [6.07, 6.45) is 12.5. The first kappa shape index (κ1) is 26.9. The van der Waals surface area contributed by atoms with Crippen molar-refractivity contribution in [1.82, 2.24) is 4.98 Å². The number of epoxide rings is 1. The fraction of sp³-hybridized carbons (Fsp3) is 0.765. The van der Waals surface area contributed by atoms with Gasteiger partial charge in [0, 0.05) is 18.8 Å². The van der Waals surface area contributed by atoms with Crippen LogP contribution in [-0.2, 0) is 29.7 Å². The van der Waals surface area contributed by atoms with Crippen molar-refractivity contribution in [3.63, 3.8) is 0 Å². The molecule has 2 bridgehead atoms. The van der Waals surface area contributed by atoms with Crippen LogP contribution in [0.15, 0.2) is 36.7 Å². The second kappa shape index (κ2) is 8.09. The Morgan fingerprint density at radius 3 is 2.63 bits per heavy atom. The average molecular weight is 564 g/mol. The van der Waals surface area contributed by atoms with Gasteiger partial charge in [0.25, 0.3) is 0 Å². The molecule has 6 fully saturated rings. The molecular weight excluding hydrogens is 518 g/mol. The Bertz CT molecular complexity index is 1310. The number of ketones is 1. The number of aliphatic hydroxyl groups is 1. The number of carbonyl (C=O) groups excluding carboxylic acids is 1. The molecule has 3 aliphatic heterocycles. The minimum Gasteiger partial charge on any atom is -0.386 e. The lowest BCUT2D eigenvalue weighted by Crippen LogP contribution is -2.67. The molecule has 0 radical (unpaired) electrons. The van der Waals surface area contributed by atoms with Crippen LogP contribution in [0.4, 0.5) is 0 Å². The highest BCUT2D eigenvalue weighted by Crippen LogP contribution is 2.72. The number of hydrogen-bond donors (Lipinski definition) is 1. The topological polar surface area (TPSA) is 90.4 Å². The predicted molar refractivity (Wildman–Crippen MR) is 150 cm³/mol. The zero-order valence-corrected chi connectivity index (χ0v) is 25.3. The van der Waals surface area contributed by atoms with Crippen LogP contribution in [0, 0.1) is 40.4 Å². The van der Waals surface area contributed by atoms with E-state index in [0.717, 1.165) is 37.7 Å². The van der Waals surface area contributed by atoms with E-state index in [0.29, 0.717) is 30.1 Å². The Kier molecular flexibility index (Phi) is 5.32. The van der Waals surface area contributed by atoms with Crippen LogP contribution in [0.5, 0.6) is 0 Å². The minimum absolute atomic E-state index is 0.0297. The molecule has 41 heavy (non-hydrogen) atoms. The molecule has 1 unspecified atom stereocenters. The third kappa shape index (κ3) is 3.18. The van der Waals surface area contributed by atoms with Gasteiger partial charge in [0.15, 0.2) is 5.78 Å². The van der Waals surface area contributed by atoms with Crippen LogP contribution in [0.1, 0.15) is 85.6 Å². The largest absolute Gasteiger partial charge is 0.386 e. The molecule has 7 aliphatic rings. The molecule has 3 saturated heterocycles. The van der Waals surface area contributed by atoms with Gasteiger partial charge in [0.2, 0.25) is 0 Å². The number of hydrogen-bond acceptors (Lipinski definition) is 7. The molecule has 0 amide bonds. The number of allylic oxidation sites excluding steroid dienone is 1. The number of pyridine rings is 1. The van der Waals surface area contributed by atoms with Crippen LogP contribution in [0.2, 0.25) is 0 Å². The summed E-state index contributed by atoms with van der Waals surface area (Å²) < 4.78 is 26.5. The highest BCUT2D eigenvalue weighted by Gasteiger charge is 2.77. The van der Waals surface area contributed by atoms with Gasteiger partial charge >= 0.3 is 5.97 Å². The van der Waals surface area contributed by atoms with Gasteiger partial charge in [-0.2, -0.15) is 0 Å². The third-order valence-electron chi connectivity index (χ3n) is 13.8. The average Bonchev–Trinajstić information content (AvgIpc) is 3.63. The molecule has 0 spiro atoms. The molecule has 7 heteroatoms. The van der Waals surface area contributed by atoms with Crippen molar-refractivity contribution in [1.29, 1.82) is 0 Å². The molecule has 4 aliphatic carbocycles. The van der Waals surface area contributed by atoms with E-state index in [4.69, 9.17) is 18.9 Å². The lowest BCUT2D eigenvalue weighted by molar-refractivity contribution is -0.407. The van der Waals surface area contributed by atoms with Crippen molar-refractivity contribution < 1.29 is 28.8 Å². The number of ether oxygens (including phenoxy) is 4. The van der Waals surface area contributed by atoms with E-state index in [-0.39, 0.29) is 35.4 Å². The maximum atomic E-state index is 13.5. The quantitative estimate of drug-likeness (QED) is 0.499. The van der Waals surface area contributed by atoms with Crippen molar-refractivity contribution in [2.75, 3.05) is 0 Å². The lowest BCUT2D eigenvalue weighted by atomic mass is 9.43. The first-order valence-electron chi connectivity index (χ1n) is 15.9. The third-order valence-corrected chi connectivity index (χ3v) is 13.8. The number of aromatic nitrogens is 1. The summed E-state index contributed by atoms with van der Waals surface area (Å²) in [7, 11) is 0. The Balaban J connectivity index is 1.10. The SMILES string of the molecule is C[C@@H]([C@H]1CC[C@H]2[C@@H]3[C@@H]4O[C@@H]4[C@@]4(O)CC=CC(=O)[C@]4(C)[C@H]3CC[C@]12C)[C@H]1C[C@@]2(C)OC(c3cccnc3)(O1)OC2(C)C. The summed E-state index contributed by atoms with van der Waals surface area (Å²) in [6, 6.07) is 3.89. The Morgan fingerprint density at radius 2 is 1.88 bits per heavy atom. The fourth-order valence-electron chi connectivity index (χ4n) is 11.0. The molecule has 1 N–H and O–H groups in total. The Labute approximate surface area is 243 Å². The van der Waals surface area contributed by atoms with Gasteiger partial charge in [-0.15, -0.1) is 0 Å². The Hall–Kier alpha value is -1.64. The van der Waals surface area contributed by atoms with E-state index in [9.17, 15) is 9.90 Å². The molecule has 13 atom stereocenters. The van der Waals surface area contributed by atoms with Crippen LogP contribution in [0.25, 0.3) is 0 Å². The lowest BCUT2D eigenvalue weighted by Gasteiger charge is -2.60. The van der Waals surface area contributed by atoms with E-state index < -0.39 is 28.2 Å². The molecule has 0 aromatic carbocycles. The molecule has 4 heterocycles. The second-order valence-electron chi connectivity index (χ2n) is 15.6. The summed E-state index contributed by atoms with van der Waals surface area (Å²) in [5.74, 6) is 0.529. The molecule has 3 saturated carbocycles. The van der Waals surface area contributed by atoms with Gasteiger partial charge < -0.3 is 24.1 Å². The summed E-state index contributed by atoms with van der Waals surface area (Å²) >= 11 is 0. The van der Waals surface area contributed by atoms with Crippen LogP contribution in [-0.4, -0.2) is 51.0 Å². The smallest absolute Gasteiger partial charge is 0.315 e. The van der Waals surface area contributed by atoms with Gasteiger partial charge in [-0.05, 0) is 113 Å². The summed E-state index contributed by atoms with van der Waals surface area (Å²) in [4.78, 5) is 17.8. The standard InChI is InChI=1S/C34H45NO6/c1-19(24-17-31(5)29(2,3)40-34(39-24,41-31)20-9-8-16-35-18-20)21-11-12-22-26-23(13-15-30(21,22)4)32(6)25(36)10-7-14-33(32,37)28-27(26)38-28/h7-10,16,18-19,21-24,26-28,37H,11-15,17H2,1-6H3/t19-,21+,22-,23-,24+,26-,27-,28-,30+,31+,32-,33-,34?/m0/s1. The molecule has 8 rings (SSSR count). The van der Waals surface area contributed by atoms with Crippen molar-refractivity contribution in [2.45, 2.75) is 121 Å². The number of nitrogens with zero attached hydrogens (tertiary/aromatic N) is 1. The highest BCUT2D eigenvalue weighted by molar-refractivity contribution is 5.97. The molecule has 7 nitrogen and oxygen atoms in total. The highest BCUT2D eigenvalue weighted by atomic mass is 16.9. The number of rotatable bonds is 3. The Morgan fingerprint density at radius 1 is 1.07 bits per heavy atom. The summed E-state index contributed by atoms with van der Waals surface area (Å²) in [6.45, 7) is 13.3. The zero-order valence-electron chi connectivity index (χ0n) is 25.3. The first-order chi connectivity index (χ1) is 19.3. The maximum absolute atomic E-state index is 13.5. The predicted octanol–water partition coefficient (Wildman–Crippen LogP) is 5.31. The van der Waals surface area contributed by atoms with E-state index >= 15 is 0 Å². The summed E-state index contributed by atoms with van der Waals surface area (Å²) in [5, 5.41) is 11.9. The van der Waals surface area contributed by atoms with Crippen molar-refractivity contribution in [2.24, 2.45) is 40.4 Å². The van der Waals surface area contributed by atoms with Crippen molar-refractivity contribution in [3.05, 3.63) is 42.2 Å². The van der Waals surface area contributed by atoms with E-state index in [1.807, 2.05) is 25.1 Å². The maximum Gasteiger partial charge on any atom is 0.315 e. The first-order valence-corrected chi connectivity index (χ1v) is 15.9. The van der Waals surface area contributed by atoms with Gasteiger partial charge in [-0.25, -0.2) is 0 Å². The van der Waals surface area contributed by atoms with Gasteiger partial charge in [0.05, 0.1) is 28.8 Å². The van der Waals surface area contributed by atoms with E-state index in [2.05, 4.69) is 39.6 Å². The van der Waals surface area contributed by atoms with Gasteiger partial charge in [0.1, 0.15) is 17.3 Å².